The molecule has 1 N–H and O–H groups in total. The van der Waals surface area contributed by atoms with Gasteiger partial charge in [-0.05, 0) is 34.8 Å². The van der Waals surface area contributed by atoms with Crippen LogP contribution < -0.4 is 5.32 Å². The van der Waals surface area contributed by atoms with Gasteiger partial charge in [0.2, 0.25) is 5.91 Å². The number of hydrogen-bond donors (Lipinski definition) is 1. The lowest BCUT2D eigenvalue weighted by molar-refractivity contribution is -0.111. The summed E-state index contributed by atoms with van der Waals surface area (Å²) in [7, 11) is 0. The molecule has 0 bridgehead atoms. The first-order valence-electron chi connectivity index (χ1n) is 7.06. The van der Waals surface area contributed by atoms with Crippen molar-refractivity contribution in [3.05, 3.63) is 65.0 Å². The van der Waals surface area contributed by atoms with Crippen molar-refractivity contribution in [1.82, 2.24) is 4.98 Å². The summed E-state index contributed by atoms with van der Waals surface area (Å²) in [5.74, 6) is -0.241. The normalized spacial score (nSPS) is 11.6. The van der Waals surface area contributed by atoms with E-state index in [1.54, 1.807) is 24.4 Å². The summed E-state index contributed by atoms with van der Waals surface area (Å²) in [6.45, 7) is 6.51. The zero-order valence-corrected chi connectivity index (χ0v) is 13.7. The third-order valence-corrected chi connectivity index (χ3v) is 3.52. The van der Waals surface area contributed by atoms with Gasteiger partial charge >= 0.3 is 0 Å². The molecule has 1 amide bonds. The van der Waals surface area contributed by atoms with Gasteiger partial charge in [0, 0.05) is 12.3 Å². The van der Waals surface area contributed by atoms with Gasteiger partial charge in [0.15, 0.2) is 5.15 Å². The minimum Gasteiger partial charge on any atom is -0.320 e. The average molecular weight is 315 g/mol. The molecule has 2 aromatic rings. The highest BCUT2D eigenvalue weighted by Gasteiger charge is 2.12. The Morgan fingerprint density at radius 3 is 2.45 bits per heavy atom. The summed E-state index contributed by atoms with van der Waals surface area (Å²) >= 11 is 5.90. The summed E-state index contributed by atoms with van der Waals surface area (Å²) in [5, 5.41) is 2.97. The van der Waals surface area contributed by atoms with Crippen molar-refractivity contribution >= 4 is 29.3 Å². The van der Waals surface area contributed by atoms with Gasteiger partial charge in [0.25, 0.3) is 0 Å². The molecule has 1 heterocycles. The summed E-state index contributed by atoms with van der Waals surface area (Å²) < 4.78 is 0. The van der Waals surface area contributed by atoms with Crippen LogP contribution in [-0.4, -0.2) is 10.9 Å². The molecule has 4 heteroatoms. The number of rotatable bonds is 3. The van der Waals surface area contributed by atoms with Crippen LogP contribution in [0.3, 0.4) is 0 Å². The molecule has 0 spiro atoms. The van der Waals surface area contributed by atoms with Gasteiger partial charge < -0.3 is 5.32 Å². The van der Waals surface area contributed by atoms with E-state index in [0.29, 0.717) is 5.69 Å². The molecular weight excluding hydrogens is 296 g/mol. The molecular formula is C18H19ClN2O. The summed E-state index contributed by atoms with van der Waals surface area (Å²) in [6, 6.07) is 11.6. The van der Waals surface area contributed by atoms with E-state index in [1.165, 1.54) is 11.6 Å². The number of benzene rings is 1. The van der Waals surface area contributed by atoms with Crippen molar-refractivity contribution in [2.75, 3.05) is 5.32 Å². The lowest BCUT2D eigenvalue weighted by Crippen LogP contribution is -2.10. The molecule has 1 aromatic carbocycles. The van der Waals surface area contributed by atoms with Crippen molar-refractivity contribution in [2.45, 2.75) is 26.2 Å². The molecule has 114 valence electrons. The summed E-state index contributed by atoms with van der Waals surface area (Å²) in [5.41, 5.74) is 2.86. The van der Waals surface area contributed by atoms with Gasteiger partial charge in [-0.2, -0.15) is 0 Å². The number of hydrogen-bond acceptors (Lipinski definition) is 2. The minimum atomic E-state index is -0.241. The average Bonchev–Trinajstić information content (AvgIpc) is 2.47. The summed E-state index contributed by atoms with van der Waals surface area (Å²) in [4.78, 5) is 15.8. The molecule has 0 aliphatic carbocycles. The first-order valence-corrected chi connectivity index (χ1v) is 7.44. The second-order valence-electron chi connectivity index (χ2n) is 6.04. The first kappa shape index (κ1) is 16.2. The zero-order chi connectivity index (χ0) is 16.2. The molecule has 22 heavy (non-hydrogen) atoms. The van der Waals surface area contributed by atoms with Crippen LogP contribution in [0.15, 0.2) is 48.7 Å². The van der Waals surface area contributed by atoms with Crippen molar-refractivity contribution in [3.8, 4) is 0 Å². The maximum absolute atomic E-state index is 11.9. The van der Waals surface area contributed by atoms with Gasteiger partial charge in [0.05, 0.1) is 5.69 Å². The van der Waals surface area contributed by atoms with Crippen LogP contribution in [0.2, 0.25) is 5.15 Å². The lowest BCUT2D eigenvalue weighted by atomic mass is 9.87. The van der Waals surface area contributed by atoms with Crippen LogP contribution in [0.5, 0.6) is 0 Å². The highest BCUT2D eigenvalue weighted by atomic mass is 35.5. The predicted octanol–water partition coefficient (Wildman–Crippen LogP) is 4.68. The van der Waals surface area contributed by atoms with E-state index in [2.05, 4.69) is 43.2 Å². The lowest BCUT2D eigenvalue weighted by Gasteiger charge is -2.18. The van der Waals surface area contributed by atoms with Crippen LogP contribution in [0.25, 0.3) is 6.08 Å². The second kappa shape index (κ2) is 6.75. The third kappa shape index (κ3) is 4.43. The first-order chi connectivity index (χ1) is 10.4. The van der Waals surface area contributed by atoms with Crippen LogP contribution in [0.1, 0.15) is 31.9 Å². The molecule has 0 aliphatic rings. The van der Waals surface area contributed by atoms with Crippen LogP contribution in [0.4, 0.5) is 5.69 Å². The number of aromatic nitrogens is 1. The van der Waals surface area contributed by atoms with Crippen molar-refractivity contribution in [3.63, 3.8) is 0 Å². The molecule has 0 radical (unpaired) electrons. The molecule has 2 rings (SSSR count). The fraction of sp³-hybridized carbons (Fsp3) is 0.222. The van der Waals surface area contributed by atoms with Crippen LogP contribution in [-0.2, 0) is 10.2 Å². The molecule has 0 unspecified atom stereocenters. The minimum absolute atomic E-state index is 0.122. The van der Waals surface area contributed by atoms with Crippen molar-refractivity contribution < 1.29 is 4.79 Å². The summed E-state index contributed by atoms with van der Waals surface area (Å²) in [6.07, 6.45) is 4.83. The Morgan fingerprint density at radius 2 is 1.86 bits per heavy atom. The van der Waals surface area contributed by atoms with Crippen LogP contribution >= 0.6 is 11.6 Å². The van der Waals surface area contributed by atoms with E-state index in [-0.39, 0.29) is 16.5 Å². The number of pyridine rings is 1. The van der Waals surface area contributed by atoms with E-state index < -0.39 is 0 Å². The van der Waals surface area contributed by atoms with Crippen molar-refractivity contribution in [1.29, 1.82) is 0 Å². The highest BCUT2D eigenvalue weighted by molar-refractivity contribution is 6.32. The monoisotopic (exact) mass is 314 g/mol. The molecule has 0 saturated carbocycles. The van der Waals surface area contributed by atoms with Gasteiger partial charge in [0.1, 0.15) is 0 Å². The van der Waals surface area contributed by atoms with Gasteiger partial charge in [-0.15, -0.1) is 0 Å². The predicted molar refractivity (Wildman–Crippen MR) is 92.1 cm³/mol. The number of nitrogens with zero attached hydrogens (tertiary/aromatic N) is 1. The van der Waals surface area contributed by atoms with Gasteiger partial charge in [-0.3, -0.25) is 4.79 Å². The largest absolute Gasteiger partial charge is 0.320 e. The maximum Gasteiger partial charge on any atom is 0.248 e. The Labute approximate surface area is 136 Å². The number of halogens is 1. The number of carbonyl (C=O) groups excluding carboxylic acids is 1. The Hall–Kier alpha value is -2.13. The van der Waals surface area contributed by atoms with E-state index in [9.17, 15) is 4.79 Å². The van der Waals surface area contributed by atoms with E-state index >= 15 is 0 Å². The Balaban J connectivity index is 2.02. The fourth-order valence-electron chi connectivity index (χ4n) is 1.92. The SMILES string of the molecule is CC(C)(C)c1ccc(/C=C/C(=O)Nc2cccnc2Cl)cc1. The van der Waals surface area contributed by atoms with E-state index in [1.807, 2.05) is 12.1 Å². The topological polar surface area (TPSA) is 42.0 Å². The number of carbonyl (C=O) groups is 1. The highest BCUT2D eigenvalue weighted by Crippen LogP contribution is 2.22. The smallest absolute Gasteiger partial charge is 0.248 e. The Kier molecular flexibility index (Phi) is 4.99. The Morgan fingerprint density at radius 1 is 1.18 bits per heavy atom. The van der Waals surface area contributed by atoms with Gasteiger partial charge in [-0.25, -0.2) is 4.98 Å². The maximum atomic E-state index is 11.9. The standard InChI is InChI=1S/C18H19ClN2O/c1-18(2,3)14-9-6-13(7-10-14)8-11-16(22)21-15-5-4-12-20-17(15)19/h4-12H,1-3H3,(H,21,22)/b11-8+. The quantitative estimate of drug-likeness (QED) is 0.660. The molecule has 0 atom stereocenters. The van der Waals surface area contributed by atoms with E-state index in [0.717, 1.165) is 5.56 Å². The van der Waals surface area contributed by atoms with Gasteiger partial charge in [-0.1, -0.05) is 56.6 Å². The molecule has 0 saturated heterocycles. The number of anilines is 1. The molecule has 3 nitrogen and oxygen atoms in total. The fourth-order valence-corrected chi connectivity index (χ4v) is 2.09. The number of nitrogens with one attached hydrogen (secondary N) is 1. The molecule has 0 fully saturated rings. The van der Waals surface area contributed by atoms with E-state index in [4.69, 9.17) is 11.6 Å². The van der Waals surface area contributed by atoms with Crippen LogP contribution in [0, 0.1) is 0 Å². The van der Waals surface area contributed by atoms with Crippen molar-refractivity contribution in [2.24, 2.45) is 0 Å². The number of amides is 1. The zero-order valence-electron chi connectivity index (χ0n) is 12.9. The second-order valence-corrected chi connectivity index (χ2v) is 6.39. The third-order valence-electron chi connectivity index (χ3n) is 3.22. The Bertz CT molecular complexity index is 685. The molecule has 1 aromatic heterocycles. The molecule has 0 aliphatic heterocycles.